The van der Waals surface area contributed by atoms with Crippen molar-refractivity contribution in [1.29, 1.82) is 0 Å². The molecule has 0 aliphatic carbocycles. The molecule has 84 valence electrons. The molecule has 0 heterocycles. The lowest BCUT2D eigenvalue weighted by atomic mass is 10.0. The average Bonchev–Trinajstić information content (AvgIpc) is 2.09. The molecule has 3 heteroatoms. The highest BCUT2D eigenvalue weighted by molar-refractivity contribution is 7.80. The molecular formula is C11H23NOS. The molecule has 0 aliphatic rings. The molecule has 0 fully saturated rings. The molecule has 2 nitrogen and oxygen atoms in total. The van der Waals surface area contributed by atoms with Crippen molar-refractivity contribution >= 4 is 17.4 Å². The summed E-state index contributed by atoms with van der Waals surface area (Å²) in [5.41, 5.74) is 5.33. The highest BCUT2D eigenvalue weighted by atomic mass is 32.1. The summed E-state index contributed by atoms with van der Waals surface area (Å²) in [4.78, 5) is 0. The molecule has 0 saturated carbocycles. The van der Waals surface area contributed by atoms with Crippen LogP contribution in [-0.2, 0) is 4.74 Å². The summed E-state index contributed by atoms with van der Waals surface area (Å²) in [6, 6.07) is 0. The summed E-state index contributed by atoms with van der Waals surface area (Å²) in [6.45, 7) is 6.61. The minimum absolute atomic E-state index is 0.181. The fourth-order valence-corrected chi connectivity index (χ4v) is 1.57. The smallest absolute Gasteiger partial charge is 0.254 e. The predicted molar refractivity (Wildman–Crippen MR) is 65.3 cm³/mol. The molecule has 0 radical (unpaired) electrons. The van der Waals surface area contributed by atoms with E-state index in [0.717, 1.165) is 18.8 Å². The van der Waals surface area contributed by atoms with E-state index in [-0.39, 0.29) is 11.3 Å². The Morgan fingerprint density at radius 2 is 1.86 bits per heavy atom. The first-order valence-corrected chi connectivity index (χ1v) is 5.93. The van der Waals surface area contributed by atoms with Crippen molar-refractivity contribution in [1.82, 2.24) is 0 Å². The van der Waals surface area contributed by atoms with Crippen LogP contribution in [0.25, 0.3) is 0 Å². The van der Waals surface area contributed by atoms with Gasteiger partial charge in [0.25, 0.3) is 5.17 Å². The van der Waals surface area contributed by atoms with Crippen LogP contribution < -0.4 is 5.73 Å². The molecule has 0 aromatic heterocycles. The van der Waals surface area contributed by atoms with Gasteiger partial charge in [-0.1, -0.05) is 33.6 Å². The van der Waals surface area contributed by atoms with Gasteiger partial charge in [0, 0.05) is 0 Å². The maximum Gasteiger partial charge on any atom is 0.254 e. The monoisotopic (exact) mass is 217 g/mol. The fourth-order valence-electron chi connectivity index (χ4n) is 1.44. The van der Waals surface area contributed by atoms with E-state index in [2.05, 4.69) is 20.8 Å². The number of unbranched alkanes of at least 4 members (excludes halogenated alkanes) is 1. The van der Waals surface area contributed by atoms with Crippen molar-refractivity contribution in [3.05, 3.63) is 0 Å². The molecule has 1 atom stereocenters. The van der Waals surface area contributed by atoms with Gasteiger partial charge in [-0.05, 0) is 37.4 Å². The summed E-state index contributed by atoms with van der Waals surface area (Å²) in [6.07, 6.45) is 6.05. The largest absolute Gasteiger partial charge is 0.468 e. The summed E-state index contributed by atoms with van der Waals surface area (Å²) < 4.78 is 5.32. The zero-order valence-corrected chi connectivity index (χ0v) is 10.4. The van der Waals surface area contributed by atoms with Crippen LogP contribution in [0.4, 0.5) is 0 Å². The van der Waals surface area contributed by atoms with Crippen LogP contribution in [0.1, 0.15) is 52.9 Å². The standard InChI is InChI=1S/C11H23NOS/c1-4-10(13-11(12)14)8-6-5-7-9(2)3/h9-10H,4-8H2,1-3H3,(H2,12,14). The van der Waals surface area contributed by atoms with Crippen LogP contribution >= 0.6 is 12.2 Å². The van der Waals surface area contributed by atoms with E-state index in [4.69, 9.17) is 22.7 Å². The Kier molecular flexibility index (Phi) is 7.86. The van der Waals surface area contributed by atoms with Gasteiger partial charge in [-0.2, -0.15) is 0 Å². The molecule has 2 N–H and O–H groups in total. The van der Waals surface area contributed by atoms with Gasteiger partial charge in [0.1, 0.15) is 6.10 Å². The fraction of sp³-hybridized carbons (Fsp3) is 0.909. The number of hydrogen-bond acceptors (Lipinski definition) is 2. The Bertz CT molecular complexity index is 159. The number of rotatable bonds is 7. The van der Waals surface area contributed by atoms with E-state index in [0.29, 0.717) is 0 Å². The maximum absolute atomic E-state index is 5.33. The van der Waals surface area contributed by atoms with Gasteiger partial charge in [-0.15, -0.1) is 0 Å². The molecule has 0 aliphatic heterocycles. The zero-order valence-electron chi connectivity index (χ0n) is 9.58. The molecule has 14 heavy (non-hydrogen) atoms. The lowest BCUT2D eigenvalue weighted by Gasteiger charge is -2.15. The third-order valence-corrected chi connectivity index (χ3v) is 2.39. The first-order valence-electron chi connectivity index (χ1n) is 5.52. The normalized spacial score (nSPS) is 12.9. The molecule has 0 bridgehead atoms. The summed E-state index contributed by atoms with van der Waals surface area (Å²) in [5, 5.41) is 0.181. The van der Waals surface area contributed by atoms with E-state index in [1.807, 2.05) is 0 Å². The molecule has 0 saturated heterocycles. The SMILES string of the molecule is CCC(CCCCC(C)C)OC(N)=S. The predicted octanol–water partition coefficient (Wildman–Crippen LogP) is 3.24. The maximum atomic E-state index is 5.33. The van der Waals surface area contributed by atoms with E-state index in [1.54, 1.807) is 0 Å². The quantitative estimate of drug-likeness (QED) is 0.525. The summed E-state index contributed by atoms with van der Waals surface area (Å²) >= 11 is 4.71. The van der Waals surface area contributed by atoms with Gasteiger partial charge in [0.05, 0.1) is 0 Å². The van der Waals surface area contributed by atoms with Gasteiger partial charge in [0.15, 0.2) is 0 Å². The Labute approximate surface area is 93.2 Å². The van der Waals surface area contributed by atoms with Gasteiger partial charge in [-0.3, -0.25) is 0 Å². The minimum Gasteiger partial charge on any atom is -0.468 e. The molecule has 0 amide bonds. The van der Waals surface area contributed by atoms with Gasteiger partial charge >= 0.3 is 0 Å². The van der Waals surface area contributed by atoms with Crippen LogP contribution in [0, 0.1) is 5.92 Å². The molecule has 0 aromatic rings. The van der Waals surface area contributed by atoms with Crippen molar-refractivity contribution in [2.75, 3.05) is 0 Å². The summed E-state index contributed by atoms with van der Waals surface area (Å²) in [7, 11) is 0. The molecule has 1 unspecified atom stereocenters. The molecular weight excluding hydrogens is 194 g/mol. The van der Waals surface area contributed by atoms with Crippen molar-refractivity contribution in [3.63, 3.8) is 0 Å². The Morgan fingerprint density at radius 1 is 1.29 bits per heavy atom. The third kappa shape index (κ3) is 8.30. The van der Waals surface area contributed by atoms with Gasteiger partial charge in [0.2, 0.25) is 0 Å². The average molecular weight is 217 g/mol. The van der Waals surface area contributed by atoms with Gasteiger partial charge in [-0.25, -0.2) is 0 Å². The van der Waals surface area contributed by atoms with E-state index < -0.39 is 0 Å². The molecule has 0 rings (SSSR count). The van der Waals surface area contributed by atoms with E-state index >= 15 is 0 Å². The lowest BCUT2D eigenvalue weighted by molar-refractivity contribution is 0.171. The van der Waals surface area contributed by atoms with Crippen LogP contribution in [0.3, 0.4) is 0 Å². The number of nitrogens with two attached hydrogens (primary N) is 1. The van der Waals surface area contributed by atoms with Crippen LogP contribution in [0.15, 0.2) is 0 Å². The first kappa shape index (κ1) is 13.7. The Morgan fingerprint density at radius 3 is 2.29 bits per heavy atom. The molecule has 0 aromatic carbocycles. The second kappa shape index (κ2) is 8.04. The van der Waals surface area contributed by atoms with Crippen LogP contribution in [0.5, 0.6) is 0 Å². The number of ether oxygens (including phenoxy) is 1. The minimum atomic E-state index is 0.181. The lowest BCUT2D eigenvalue weighted by Crippen LogP contribution is -2.21. The van der Waals surface area contributed by atoms with Crippen molar-refractivity contribution in [2.24, 2.45) is 11.7 Å². The van der Waals surface area contributed by atoms with Crippen LogP contribution in [-0.4, -0.2) is 11.3 Å². The highest BCUT2D eigenvalue weighted by Crippen LogP contribution is 2.13. The van der Waals surface area contributed by atoms with E-state index in [9.17, 15) is 0 Å². The van der Waals surface area contributed by atoms with Gasteiger partial charge < -0.3 is 10.5 Å². The second-order valence-electron chi connectivity index (χ2n) is 4.15. The first-order chi connectivity index (χ1) is 6.56. The van der Waals surface area contributed by atoms with Crippen molar-refractivity contribution < 1.29 is 4.74 Å². The third-order valence-electron chi connectivity index (χ3n) is 2.30. The Balaban J connectivity index is 3.47. The zero-order chi connectivity index (χ0) is 11.0. The topological polar surface area (TPSA) is 35.2 Å². The van der Waals surface area contributed by atoms with E-state index in [1.165, 1.54) is 19.3 Å². The van der Waals surface area contributed by atoms with Crippen molar-refractivity contribution in [3.8, 4) is 0 Å². The number of thiocarbonyl (C=S) groups is 1. The van der Waals surface area contributed by atoms with Crippen molar-refractivity contribution in [2.45, 2.75) is 59.0 Å². The second-order valence-corrected chi connectivity index (χ2v) is 4.55. The summed E-state index contributed by atoms with van der Waals surface area (Å²) in [5.74, 6) is 0.798. The number of hydrogen-bond donors (Lipinski definition) is 1. The van der Waals surface area contributed by atoms with Crippen LogP contribution in [0.2, 0.25) is 0 Å². The Hall–Kier alpha value is -0.310. The molecule has 0 spiro atoms. The highest BCUT2D eigenvalue weighted by Gasteiger charge is 2.07.